The Balaban J connectivity index is 2.15. The Morgan fingerprint density at radius 3 is 2.52 bits per heavy atom. The lowest BCUT2D eigenvalue weighted by molar-refractivity contribution is -0.131. The standard InChI is InChI=1S/C18H19N3OS/c1-13(18(22)20(2)3)21-12-19-16(14-7-5-4-6-8-14)17(21)15-9-10-23-11-15/h4-13H,1-3H3. The largest absolute Gasteiger partial charge is 0.347 e. The van der Waals surface area contributed by atoms with E-state index in [1.54, 1.807) is 36.7 Å². The number of likely N-dealkylation sites (N-methyl/N-ethyl adjacent to an activating group) is 1. The van der Waals surface area contributed by atoms with E-state index in [1.165, 1.54) is 0 Å². The van der Waals surface area contributed by atoms with E-state index in [2.05, 4.69) is 16.4 Å². The lowest BCUT2D eigenvalue weighted by Gasteiger charge is -2.20. The van der Waals surface area contributed by atoms with E-state index in [0.717, 1.165) is 22.5 Å². The maximum absolute atomic E-state index is 12.4. The van der Waals surface area contributed by atoms with Crippen LogP contribution in [-0.2, 0) is 4.79 Å². The molecule has 0 saturated carbocycles. The van der Waals surface area contributed by atoms with E-state index in [-0.39, 0.29) is 11.9 Å². The summed E-state index contributed by atoms with van der Waals surface area (Å²) in [5, 5.41) is 4.13. The van der Waals surface area contributed by atoms with Crippen molar-refractivity contribution in [1.29, 1.82) is 0 Å². The number of nitrogens with zero attached hydrogens (tertiary/aromatic N) is 3. The van der Waals surface area contributed by atoms with Crippen molar-refractivity contribution in [2.24, 2.45) is 0 Å². The fourth-order valence-corrected chi connectivity index (χ4v) is 3.28. The summed E-state index contributed by atoms with van der Waals surface area (Å²) in [4.78, 5) is 18.6. The van der Waals surface area contributed by atoms with Gasteiger partial charge in [0, 0.05) is 30.6 Å². The number of hydrogen-bond acceptors (Lipinski definition) is 3. The fourth-order valence-electron chi connectivity index (χ4n) is 2.64. The van der Waals surface area contributed by atoms with Crippen LogP contribution in [0, 0.1) is 0 Å². The van der Waals surface area contributed by atoms with Crippen molar-refractivity contribution in [3.05, 3.63) is 53.5 Å². The van der Waals surface area contributed by atoms with Crippen molar-refractivity contribution >= 4 is 17.2 Å². The van der Waals surface area contributed by atoms with E-state index in [4.69, 9.17) is 0 Å². The zero-order valence-corrected chi connectivity index (χ0v) is 14.2. The summed E-state index contributed by atoms with van der Waals surface area (Å²) in [5.41, 5.74) is 4.03. The van der Waals surface area contributed by atoms with Crippen LogP contribution in [0.1, 0.15) is 13.0 Å². The molecule has 3 rings (SSSR count). The fraction of sp³-hybridized carbons (Fsp3) is 0.222. The molecule has 0 aliphatic heterocycles. The van der Waals surface area contributed by atoms with E-state index in [9.17, 15) is 4.79 Å². The molecule has 0 N–H and O–H groups in total. The average molecular weight is 325 g/mol. The molecule has 0 aliphatic carbocycles. The minimum absolute atomic E-state index is 0.0542. The number of imidazole rings is 1. The minimum Gasteiger partial charge on any atom is -0.347 e. The number of aromatic nitrogens is 2. The van der Waals surface area contributed by atoms with Crippen molar-refractivity contribution < 1.29 is 4.79 Å². The zero-order chi connectivity index (χ0) is 16.4. The minimum atomic E-state index is -0.301. The maximum Gasteiger partial charge on any atom is 0.244 e. The van der Waals surface area contributed by atoms with Crippen molar-refractivity contribution in [1.82, 2.24) is 14.5 Å². The van der Waals surface area contributed by atoms with Gasteiger partial charge in [0.15, 0.2) is 0 Å². The van der Waals surface area contributed by atoms with Gasteiger partial charge in [0.25, 0.3) is 0 Å². The Morgan fingerprint density at radius 2 is 1.91 bits per heavy atom. The second-order valence-corrected chi connectivity index (χ2v) is 6.42. The number of carbonyl (C=O) groups excluding carboxylic acids is 1. The Morgan fingerprint density at radius 1 is 1.17 bits per heavy atom. The smallest absolute Gasteiger partial charge is 0.244 e. The van der Waals surface area contributed by atoms with Crippen molar-refractivity contribution in [2.45, 2.75) is 13.0 Å². The first-order chi connectivity index (χ1) is 11.1. The topological polar surface area (TPSA) is 38.1 Å². The summed E-state index contributed by atoms with van der Waals surface area (Å²) in [6.45, 7) is 1.91. The first-order valence-corrected chi connectivity index (χ1v) is 8.40. The molecule has 1 amide bonds. The normalized spacial score (nSPS) is 12.1. The molecule has 118 valence electrons. The first-order valence-electron chi connectivity index (χ1n) is 7.45. The number of benzene rings is 1. The zero-order valence-electron chi connectivity index (χ0n) is 13.4. The summed E-state index contributed by atoms with van der Waals surface area (Å²) in [6.07, 6.45) is 1.77. The molecule has 1 atom stereocenters. The van der Waals surface area contributed by atoms with Gasteiger partial charge in [-0.05, 0) is 18.4 Å². The van der Waals surface area contributed by atoms with Crippen LogP contribution < -0.4 is 0 Å². The van der Waals surface area contributed by atoms with Crippen molar-refractivity contribution in [3.63, 3.8) is 0 Å². The molecule has 0 spiro atoms. The van der Waals surface area contributed by atoms with Crippen LogP contribution in [0.25, 0.3) is 22.5 Å². The monoisotopic (exact) mass is 325 g/mol. The predicted octanol–water partition coefficient (Wildman–Crippen LogP) is 3.93. The second kappa shape index (κ2) is 6.38. The molecule has 0 aliphatic rings. The highest BCUT2D eigenvalue weighted by Crippen LogP contribution is 2.34. The van der Waals surface area contributed by atoms with Gasteiger partial charge in [0.1, 0.15) is 6.04 Å². The number of hydrogen-bond donors (Lipinski definition) is 0. The highest BCUT2D eigenvalue weighted by molar-refractivity contribution is 7.08. The van der Waals surface area contributed by atoms with Gasteiger partial charge in [0.05, 0.1) is 17.7 Å². The first kappa shape index (κ1) is 15.5. The lowest BCUT2D eigenvalue weighted by atomic mass is 10.1. The van der Waals surface area contributed by atoms with Crippen molar-refractivity contribution in [2.75, 3.05) is 14.1 Å². The van der Waals surface area contributed by atoms with Gasteiger partial charge < -0.3 is 9.47 Å². The molecule has 4 nitrogen and oxygen atoms in total. The van der Waals surface area contributed by atoms with E-state index in [0.29, 0.717) is 0 Å². The SMILES string of the molecule is CC(C(=O)N(C)C)n1cnc(-c2ccccc2)c1-c1ccsc1. The summed E-state index contributed by atoms with van der Waals surface area (Å²) in [5.74, 6) is 0.0542. The van der Waals surface area contributed by atoms with E-state index in [1.807, 2.05) is 47.2 Å². The van der Waals surface area contributed by atoms with E-state index >= 15 is 0 Å². The van der Waals surface area contributed by atoms with Crippen molar-refractivity contribution in [3.8, 4) is 22.5 Å². The third kappa shape index (κ3) is 2.92. The van der Waals surface area contributed by atoms with Gasteiger partial charge in [-0.15, -0.1) is 0 Å². The van der Waals surface area contributed by atoms with Gasteiger partial charge in [-0.1, -0.05) is 30.3 Å². The third-order valence-corrected chi connectivity index (χ3v) is 4.53. The van der Waals surface area contributed by atoms with E-state index < -0.39 is 0 Å². The molecule has 0 radical (unpaired) electrons. The number of rotatable bonds is 4. The van der Waals surface area contributed by atoms with Crippen LogP contribution in [-0.4, -0.2) is 34.5 Å². The Hall–Kier alpha value is -2.40. The number of carbonyl (C=O) groups is 1. The van der Waals surface area contributed by atoms with Crippen LogP contribution in [0.5, 0.6) is 0 Å². The average Bonchev–Trinajstić information content (AvgIpc) is 3.22. The summed E-state index contributed by atoms with van der Waals surface area (Å²) < 4.78 is 1.96. The van der Waals surface area contributed by atoms with Gasteiger partial charge in [-0.25, -0.2) is 4.98 Å². The second-order valence-electron chi connectivity index (χ2n) is 5.64. The Bertz CT molecular complexity index is 791. The molecule has 1 aromatic carbocycles. The Labute approximate surface area is 140 Å². The quantitative estimate of drug-likeness (QED) is 0.729. The molecule has 2 heterocycles. The molecule has 1 unspecified atom stereocenters. The maximum atomic E-state index is 12.4. The van der Waals surface area contributed by atoms with Crippen LogP contribution in [0.2, 0.25) is 0 Å². The summed E-state index contributed by atoms with van der Waals surface area (Å²) in [7, 11) is 3.55. The summed E-state index contributed by atoms with van der Waals surface area (Å²) in [6, 6.07) is 11.8. The van der Waals surface area contributed by atoms with Crippen LogP contribution in [0.15, 0.2) is 53.5 Å². The highest BCUT2D eigenvalue weighted by atomic mass is 32.1. The van der Waals surface area contributed by atoms with Gasteiger partial charge in [-0.3, -0.25) is 4.79 Å². The summed E-state index contributed by atoms with van der Waals surface area (Å²) >= 11 is 1.64. The molecule has 2 aromatic heterocycles. The molecule has 5 heteroatoms. The highest BCUT2D eigenvalue weighted by Gasteiger charge is 2.23. The number of thiophene rings is 1. The van der Waals surface area contributed by atoms with Gasteiger partial charge in [0.2, 0.25) is 5.91 Å². The molecule has 0 saturated heterocycles. The number of amides is 1. The molecule has 0 fully saturated rings. The molecule has 0 bridgehead atoms. The molecule has 23 heavy (non-hydrogen) atoms. The predicted molar refractivity (Wildman–Crippen MR) is 94.4 cm³/mol. The Kier molecular flexibility index (Phi) is 4.30. The molecular weight excluding hydrogens is 306 g/mol. The van der Waals surface area contributed by atoms with Crippen LogP contribution in [0.3, 0.4) is 0 Å². The molecule has 3 aromatic rings. The van der Waals surface area contributed by atoms with Gasteiger partial charge >= 0.3 is 0 Å². The van der Waals surface area contributed by atoms with Crippen LogP contribution in [0.4, 0.5) is 0 Å². The van der Waals surface area contributed by atoms with Gasteiger partial charge in [-0.2, -0.15) is 11.3 Å². The third-order valence-electron chi connectivity index (χ3n) is 3.85. The lowest BCUT2D eigenvalue weighted by Crippen LogP contribution is -2.30. The molecular formula is C18H19N3OS. The van der Waals surface area contributed by atoms with Crippen LogP contribution >= 0.6 is 11.3 Å².